The second kappa shape index (κ2) is 9.21. The summed E-state index contributed by atoms with van der Waals surface area (Å²) in [5.41, 5.74) is -1.69. The summed E-state index contributed by atoms with van der Waals surface area (Å²) in [6.07, 6.45) is -5.35. The molecule has 0 bridgehead atoms. The minimum absolute atomic E-state index is 0.0680. The van der Waals surface area contributed by atoms with Crippen LogP contribution in [0.1, 0.15) is 19.4 Å². The Morgan fingerprint density at radius 1 is 1.03 bits per heavy atom. The van der Waals surface area contributed by atoms with Crippen LogP contribution in [0.4, 0.5) is 18.9 Å². The zero-order valence-electron chi connectivity index (χ0n) is 15.5. The predicted octanol–water partition coefficient (Wildman–Crippen LogP) is 5.81. The van der Waals surface area contributed by atoms with Crippen LogP contribution in [0, 0.1) is 0 Å². The Morgan fingerprint density at radius 2 is 1.63 bits per heavy atom. The molecule has 0 aliphatic rings. The van der Waals surface area contributed by atoms with Gasteiger partial charge in [-0.2, -0.15) is 13.2 Å². The SMILES string of the molecule is CC(C)OC(=O)CN(c1cc(C(F)(F)F)ccc1Cl)S(=O)(=O)c1ccc(Cl)c(Cl)c1. The van der Waals surface area contributed by atoms with Crippen molar-refractivity contribution >= 4 is 56.5 Å². The Hall–Kier alpha value is -1.68. The molecule has 2 aromatic carbocycles. The molecule has 30 heavy (non-hydrogen) atoms. The van der Waals surface area contributed by atoms with Crippen molar-refractivity contribution in [3.8, 4) is 0 Å². The summed E-state index contributed by atoms with van der Waals surface area (Å²) in [4.78, 5) is 11.8. The summed E-state index contributed by atoms with van der Waals surface area (Å²) in [6.45, 7) is 2.15. The topological polar surface area (TPSA) is 63.7 Å². The maximum atomic E-state index is 13.2. The van der Waals surface area contributed by atoms with E-state index in [4.69, 9.17) is 39.5 Å². The van der Waals surface area contributed by atoms with Crippen molar-refractivity contribution in [3.63, 3.8) is 0 Å². The number of nitrogens with zero attached hydrogens (tertiary/aromatic N) is 1. The van der Waals surface area contributed by atoms with Crippen molar-refractivity contribution < 1.29 is 31.1 Å². The van der Waals surface area contributed by atoms with Gasteiger partial charge in [-0.1, -0.05) is 34.8 Å². The first-order valence-electron chi connectivity index (χ1n) is 8.27. The molecule has 0 aromatic heterocycles. The molecule has 0 saturated carbocycles. The molecule has 0 fully saturated rings. The molecule has 0 aliphatic carbocycles. The molecule has 0 N–H and O–H groups in total. The van der Waals surface area contributed by atoms with E-state index < -0.39 is 51.0 Å². The Kier molecular flexibility index (Phi) is 7.55. The number of alkyl halides is 3. The second-order valence-corrected chi connectivity index (χ2v) is 9.37. The highest BCUT2D eigenvalue weighted by molar-refractivity contribution is 7.92. The van der Waals surface area contributed by atoms with Crippen molar-refractivity contribution in [3.05, 3.63) is 57.0 Å². The van der Waals surface area contributed by atoms with Crippen molar-refractivity contribution in [1.82, 2.24) is 0 Å². The van der Waals surface area contributed by atoms with Gasteiger partial charge in [-0.15, -0.1) is 0 Å². The number of carbonyl (C=O) groups excluding carboxylic acids is 1. The third-order valence-electron chi connectivity index (χ3n) is 3.66. The fraction of sp³-hybridized carbons (Fsp3) is 0.278. The van der Waals surface area contributed by atoms with Crippen LogP contribution in [-0.2, 0) is 25.7 Å². The lowest BCUT2D eigenvalue weighted by Gasteiger charge is -2.26. The normalized spacial score (nSPS) is 12.2. The van der Waals surface area contributed by atoms with Crippen LogP contribution >= 0.6 is 34.8 Å². The summed E-state index contributed by atoms with van der Waals surface area (Å²) >= 11 is 17.7. The van der Waals surface area contributed by atoms with Gasteiger partial charge in [0.15, 0.2) is 0 Å². The highest BCUT2D eigenvalue weighted by atomic mass is 35.5. The smallest absolute Gasteiger partial charge is 0.416 e. The van der Waals surface area contributed by atoms with Crippen molar-refractivity contribution in [1.29, 1.82) is 0 Å². The van der Waals surface area contributed by atoms with Gasteiger partial charge in [-0.3, -0.25) is 9.10 Å². The van der Waals surface area contributed by atoms with Crippen LogP contribution in [0.3, 0.4) is 0 Å². The monoisotopic (exact) mass is 503 g/mol. The standard InChI is InChI=1S/C18H15Cl3F3NO4S/c1-10(2)29-17(26)9-25(16-7-11(18(22,23)24)3-5-14(16)20)30(27,28)12-4-6-13(19)15(21)8-12/h3-8,10H,9H2,1-2H3. The maximum absolute atomic E-state index is 13.2. The van der Waals surface area contributed by atoms with Crippen LogP contribution in [-0.4, -0.2) is 27.0 Å². The number of carbonyl (C=O) groups is 1. The Bertz CT molecular complexity index is 1060. The summed E-state index contributed by atoms with van der Waals surface area (Å²) in [6, 6.07) is 5.45. The van der Waals surface area contributed by atoms with E-state index in [1.807, 2.05) is 0 Å². The lowest BCUT2D eigenvalue weighted by Crippen LogP contribution is -2.37. The fourth-order valence-electron chi connectivity index (χ4n) is 2.36. The van der Waals surface area contributed by atoms with E-state index in [0.29, 0.717) is 16.4 Å². The largest absolute Gasteiger partial charge is 0.462 e. The number of hydrogen-bond acceptors (Lipinski definition) is 4. The number of hydrogen-bond donors (Lipinski definition) is 0. The van der Waals surface area contributed by atoms with Gasteiger partial charge < -0.3 is 4.74 Å². The molecule has 0 heterocycles. The second-order valence-electron chi connectivity index (χ2n) is 6.29. The van der Waals surface area contributed by atoms with Gasteiger partial charge >= 0.3 is 12.1 Å². The molecule has 0 spiro atoms. The molecule has 0 unspecified atom stereocenters. The molecule has 0 radical (unpaired) electrons. The number of rotatable bonds is 6. The number of benzene rings is 2. The zero-order chi connectivity index (χ0) is 22.9. The minimum atomic E-state index is -4.77. The van der Waals surface area contributed by atoms with Crippen LogP contribution in [0.5, 0.6) is 0 Å². The first-order valence-corrected chi connectivity index (χ1v) is 10.8. The number of anilines is 1. The van der Waals surface area contributed by atoms with Gasteiger partial charge in [0.2, 0.25) is 0 Å². The molecule has 0 saturated heterocycles. The number of ether oxygens (including phenoxy) is 1. The molecule has 164 valence electrons. The molecular formula is C18H15Cl3F3NO4S. The first kappa shape index (κ1) is 24.6. The quantitative estimate of drug-likeness (QED) is 0.466. The average molecular weight is 505 g/mol. The van der Waals surface area contributed by atoms with E-state index in [9.17, 15) is 26.4 Å². The molecule has 2 aromatic rings. The maximum Gasteiger partial charge on any atom is 0.416 e. The Morgan fingerprint density at radius 3 is 2.17 bits per heavy atom. The molecule has 0 atom stereocenters. The molecule has 5 nitrogen and oxygen atoms in total. The molecule has 2 rings (SSSR count). The highest BCUT2D eigenvalue weighted by Crippen LogP contribution is 2.38. The van der Waals surface area contributed by atoms with Gasteiger partial charge in [0, 0.05) is 0 Å². The van der Waals surface area contributed by atoms with Gasteiger partial charge in [-0.05, 0) is 50.2 Å². The molecular weight excluding hydrogens is 490 g/mol. The van der Waals surface area contributed by atoms with Crippen molar-refractivity contribution in [2.75, 3.05) is 10.8 Å². The Balaban J connectivity index is 2.66. The minimum Gasteiger partial charge on any atom is -0.462 e. The summed E-state index contributed by atoms with van der Waals surface area (Å²) < 4.78 is 71.3. The number of esters is 1. The predicted molar refractivity (Wildman–Crippen MR) is 109 cm³/mol. The van der Waals surface area contributed by atoms with Crippen molar-refractivity contribution in [2.24, 2.45) is 0 Å². The summed E-state index contributed by atoms with van der Waals surface area (Å²) in [7, 11) is -4.57. The van der Waals surface area contributed by atoms with Gasteiger partial charge in [0.25, 0.3) is 10.0 Å². The van der Waals surface area contributed by atoms with E-state index in [0.717, 1.165) is 18.2 Å². The average Bonchev–Trinajstić information content (AvgIpc) is 2.61. The summed E-state index contributed by atoms with van der Waals surface area (Å²) in [5, 5.41) is -0.347. The van der Waals surface area contributed by atoms with Gasteiger partial charge in [0.1, 0.15) is 6.54 Å². The third-order valence-corrected chi connectivity index (χ3v) is 6.48. The van der Waals surface area contributed by atoms with E-state index in [1.54, 1.807) is 0 Å². The van der Waals surface area contributed by atoms with E-state index in [1.165, 1.54) is 19.9 Å². The fourth-order valence-corrected chi connectivity index (χ4v) is 4.44. The van der Waals surface area contributed by atoms with Crippen LogP contribution in [0.2, 0.25) is 15.1 Å². The van der Waals surface area contributed by atoms with E-state index in [-0.39, 0.29) is 15.1 Å². The molecule has 0 aliphatic heterocycles. The van der Waals surface area contributed by atoms with Crippen LogP contribution < -0.4 is 4.31 Å². The third kappa shape index (κ3) is 5.72. The molecule has 0 amide bonds. The highest BCUT2D eigenvalue weighted by Gasteiger charge is 2.35. The van der Waals surface area contributed by atoms with Gasteiger partial charge in [0.05, 0.1) is 37.3 Å². The van der Waals surface area contributed by atoms with Crippen LogP contribution in [0.25, 0.3) is 0 Å². The van der Waals surface area contributed by atoms with E-state index >= 15 is 0 Å². The van der Waals surface area contributed by atoms with Gasteiger partial charge in [-0.25, -0.2) is 8.42 Å². The number of halogens is 6. The lowest BCUT2D eigenvalue weighted by molar-refractivity contribution is -0.145. The Labute approximate surface area is 186 Å². The van der Waals surface area contributed by atoms with Crippen LogP contribution in [0.15, 0.2) is 41.3 Å². The van der Waals surface area contributed by atoms with Crippen molar-refractivity contribution in [2.45, 2.75) is 31.0 Å². The van der Waals surface area contributed by atoms with E-state index in [2.05, 4.69) is 0 Å². The summed E-state index contributed by atoms with van der Waals surface area (Å²) in [5.74, 6) is -0.984. The number of sulfonamides is 1. The molecule has 12 heteroatoms. The zero-order valence-corrected chi connectivity index (χ0v) is 18.6. The lowest BCUT2D eigenvalue weighted by atomic mass is 10.2. The first-order chi connectivity index (χ1) is 13.7.